The molecule has 1 saturated heterocycles. The Labute approximate surface area is 128 Å². The first kappa shape index (κ1) is 14.5. The molecule has 0 radical (unpaired) electrons. The van der Waals surface area contributed by atoms with Gasteiger partial charge >= 0.3 is 6.03 Å². The Bertz CT molecular complexity index is 673. The van der Waals surface area contributed by atoms with Gasteiger partial charge in [0.25, 0.3) is 5.91 Å². The second-order valence-electron chi connectivity index (χ2n) is 5.81. The first-order valence-corrected chi connectivity index (χ1v) is 7.40. The fourth-order valence-electron chi connectivity index (χ4n) is 2.87. The quantitative estimate of drug-likeness (QED) is 0.799. The van der Waals surface area contributed by atoms with Crippen LogP contribution in [0.5, 0.6) is 0 Å². The summed E-state index contributed by atoms with van der Waals surface area (Å²) >= 11 is 0. The van der Waals surface area contributed by atoms with Crippen LogP contribution in [0, 0.1) is 5.92 Å². The zero-order valence-electron chi connectivity index (χ0n) is 12.9. The number of hydrogen-bond acceptors (Lipinski definition) is 4. The highest BCUT2D eigenvalue weighted by atomic mass is 16.2. The first-order valence-electron chi connectivity index (χ1n) is 7.40. The van der Waals surface area contributed by atoms with Gasteiger partial charge in [-0.2, -0.15) is 15.0 Å². The molecule has 1 atom stereocenters. The molecule has 0 aromatic carbocycles. The van der Waals surface area contributed by atoms with Crippen molar-refractivity contribution in [3.05, 3.63) is 30.3 Å². The number of carbonyl (C=O) groups is 2. The van der Waals surface area contributed by atoms with Gasteiger partial charge in [-0.05, 0) is 24.8 Å². The van der Waals surface area contributed by atoms with Crippen LogP contribution in [0.25, 0.3) is 0 Å². The number of aryl methyl sites for hydroxylation is 1. The van der Waals surface area contributed by atoms with E-state index in [9.17, 15) is 9.59 Å². The van der Waals surface area contributed by atoms with Crippen LogP contribution in [0.4, 0.5) is 10.7 Å². The van der Waals surface area contributed by atoms with Crippen molar-refractivity contribution < 1.29 is 9.59 Å². The minimum absolute atomic E-state index is 0.00547. The van der Waals surface area contributed by atoms with Gasteiger partial charge in [-0.15, -0.1) is 0 Å². The molecule has 1 aliphatic heterocycles. The topological polar surface area (TPSA) is 71.3 Å². The minimum Gasteiger partial charge on any atom is -0.281 e. The maximum atomic E-state index is 12.9. The molecule has 3 rings (SSSR count). The van der Waals surface area contributed by atoms with E-state index in [4.69, 9.17) is 0 Å². The zero-order chi connectivity index (χ0) is 15.9. The van der Waals surface area contributed by atoms with Gasteiger partial charge < -0.3 is 0 Å². The highest BCUT2D eigenvalue weighted by Gasteiger charge is 2.49. The second kappa shape index (κ2) is 5.40. The largest absolute Gasteiger partial charge is 0.339 e. The Kier molecular flexibility index (Phi) is 3.56. The standard InChI is InChI=1S/C15H19N5O2/c1-10(2)12-13(21)20(14-16-9-17-18(14)3)15(22)19(12)11-7-5-4-6-8-11/h5,7-10,12H,4,6H2,1-3H3. The summed E-state index contributed by atoms with van der Waals surface area (Å²) in [5.41, 5.74) is 0.785. The molecule has 22 heavy (non-hydrogen) atoms. The summed E-state index contributed by atoms with van der Waals surface area (Å²) in [5.74, 6) is 0.00502. The fourth-order valence-corrected chi connectivity index (χ4v) is 2.87. The number of carbonyl (C=O) groups excluding carboxylic acids is 2. The van der Waals surface area contributed by atoms with E-state index in [-0.39, 0.29) is 23.8 Å². The van der Waals surface area contributed by atoms with Crippen LogP contribution in [0.15, 0.2) is 30.3 Å². The Hall–Kier alpha value is -2.44. The molecule has 116 valence electrons. The maximum Gasteiger partial charge on any atom is 0.339 e. The Balaban J connectivity index is 2.04. The number of nitrogens with zero attached hydrogens (tertiary/aromatic N) is 5. The summed E-state index contributed by atoms with van der Waals surface area (Å²) < 4.78 is 1.43. The molecule has 2 heterocycles. The van der Waals surface area contributed by atoms with Crippen molar-refractivity contribution in [3.63, 3.8) is 0 Å². The monoisotopic (exact) mass is 301 g/mol. The average molecular weight is 301 g/mol. The molecule has 7 nitrogen and oxygen atoms in total. The van der Waals surface area contributed by atoms with Crippen molar-refractivity contribution in [2.45, 2.75) is 32.7 Å². The minimum atomic E-state index is -0.516. The molecule has 1 aliphatic carbocycles. The van der Waals surface area contributed by atoms with Crippen LogP contribution in [0.1, 0.15) is 26.7 Å². The summed E-state index contributed by atoms with van der Waals surface area (Å²) in [7, 11) is 1.66. The van der Waals surface area contributed by atoms with Crippen molar-refractivity contribution >= 4 is 17.9 Å². The molecule has 3 amide bonds. The van der Waals surface area contributed by atoms with Crippen LogP contribution in [0.3, 0.4) is 0 Å². The van der Waals surface area contributed by atoms with E-state index in [0.717, 1.165) is 23.4 Å². The summed E-state index contributed by atoms with van der Waals surface area (Å²) in [5, 5.41) is 3.95. The molecule has 0 spiro atoms. The summed E-state index contributed by atoms with van der Waals surface area (Å²) in [6, 6.07) is -0.879. The van der Waals surface area contributed by atoms with Gasteiger partial charge in [0.15, 0.2) is 0 Å². The molecule has 1 aromatic heterocycles. The Morgan fingerprint density at radius 3 is 2.59 bits per heavy atom. The second-order valence-corrected chi connectivity index (χ2v) is 5.81. The van der Waals surface area contributed by atoms with Gasteiger partial charge in [-0.25, -0.2) is 9.48 Å². The Morgan fingerprint density at radius 1 is 1.27 bits per heavy atom. The Morgan fingerprint density at radius 2 is 2.05 bits per heavy atom. The zero-order valence-corrected chi connectivity index (χ0v) is 12.9. The lowest BCUT2D eigenvalue weighted by Gasteiger charge is -2.26. The molecule has 2 aliphatic rings. The molecule has 1 fully saturated rings. The molecule has 1 aromatic rings. The predicted octanol–water partition coefficient (Wildman–Crippen LogP) is 1.84. The number of imide groups is 1. The van der Waals surface area contributed by atoms with Crippen molar-refractivity contribution in [1.29, 1.82) is 0 Å². The van der Waals surface area contributed by atoms with Gasteiger partial charge in [0.05, 0.1) is 0 Å². The lowest BCUT2D eigenvalue weighted by Crippen LogP contribution is -2.38. The van der Waals surface area contributed by atoms with E-state index >= 15 is 0 Å². The number of rotatable bonds is 3. The third kappa shape index (κ3) is 2.13. The lowest BCUT2D eigenvalue weighted by molar-refractivity contribution is -0.120. The number of anilines is 1. The van der Waals surface area contributed by atoms with Crippen LogP contribution >= 0.6 is 0 Å². The predicted molar refractivity (Wildman–Crippen MR) is 80.8 cm³/mol. The smallest absolute Gasteiger partial charge is 0.281 e. The van der Waals surface area contributed by atoms with E-state index in [0.29, 0.717) is 0 Å². The van der Waals surface area contributed by atoms with Gasteiger partial charge in [0, 0.05) is 12.7 Å². The number of amides is 3. The average Bonchev–Trinajstić information content (AvgIpc) is 3.01. The summed E-state index contributed by atoms with van der Waals surface area (Å²) in [6.45, 7) is 3.88. The van der Waals surface area contributed by atoms with Gasteiger partial charge in [0.2, 0.25) is 5.95 Å². The van der Waals surface area contributed by atoms with Crippen molar-refractivity contribution in [2.75, 3.05) is 4.90 Å². The van der Waals surface area contributed by atoms with Crippen molar-refractivity contribution in [1.82, 2.24) is 19.7 Å². The van der Waals surface area contributed by atoms with E-state index in [1.807, 2.05) is 32.1 Å². The van der Waals surface area contributed by atoms with E-state index < -0.39 is 6.04 Å². The molecular weight excluding hydrogens is 282 g/mol. The number of aromatic nitrogens is 3. The number of allylic oxidation sites excluding steroid dienone is 3. The molecule has 7 heteroatoms. The highest BCUT2D eigenvalue weighted by Crippen LogP contribution is 2.31. The summed E-state index contributed by atoms with van der Waals surface area (Å²) in [6.07, 6.45) is 9.10. The molecule has 1 unspecified atom stereocenters. The van der Waals surface area contributed by atoms with Crippen molar-refractivity contribution in [2.24, 2.45) is 13.0 Å². The molecule has 0 saturated carbocycles. The van der Waals surface area contributed by atoms with Gasteiger partial charge in [-0.1, -0.05) is 26.0 Å². The fraction of sp³-hybridized carbons (Fsp3) is 0.467. The van der Waals surface area contributed by atoms with E-state index in [2.05, 4.69) is 10.1 Å². The van der Waals surface area contributed by atoms with Crippen LogP contribution in [0.2, 0.25) is 0 Å². The molecular formula is C15H19N5O2. The normalized spacial score (nSPS) is 22.0. The number of urea groups is 1. The van der Waals surface area contributed by atoms with Crippen LogP contribution < -0.4 is 4.90 Å². The molecule has 0 bridgehead atoms. The third-order valence-corrected chi connectivity index (χ3v) is 3.92. The highest BCUT2D eigenvalue weighted by molar-refractivity contribution is 6.21. The first-order chi connectivity index (χ1) is 10.5. The van der Waals surface area contributed by atoms with E-state index in [1.54, 1.807) is 11.9 Å². The van der Waals surface area contributed by atoms with Gasteiger partial charge in [0.1, 0.15) is 12.4 Å². The van der Waals surface area contributed by atoms with Crippen LogP contribution in [-0.2, 0) is 11.8 Å². The third-order valence-electron chi connectivity index (χ3n) is 3.92. The maximum absolute atomic E-state index is 12.9. The SMILES string of the molecule is CC(C)C1C(=O)N(c2ncnn2C)C(=O)N1C1=CCCC=C1. The molecule has 0 N–H and O–H groups in total. The van der Waals surface area contributed by atoms with Crippen LogP contribution in [-0.4, -0.2) is 37.6 Å². The van der Waals surface area contributed by atoms with E-state index in [1.165, 1.54) is 11.0 Å². The summed E-state index contributed by atoms with van der Waals surface area (Å²) in [4.78, 5) is 32.4. The van der Waals surface area contributed by atoms with Crippen molar-refractivity contribution in [3.8, 4) is 0 Å². The van der Waals surface area contributed by atoms with Gasteiger partial charge in [-0.3, -0.25) is 9.69 Å². The lowest BCUT2D eigenvalue weighted by atomic mass is 10.0. The number of hydrogen-bond donors (Lipinski definition) is 0.